The van der Waals surface area contributed by atoms with E-state index in [9.17, 15) is 10.2 Å². The first-order valence-electron chi connectivity index (χ1n) is 7.44. The molecule has 0 atom stereocenters. The second-order valence-electron chi connectivity index (χ2n) is 5.53. The SMILES string of the molecule is Oc1ccc(C=Cc2nc(CC3CCNCC3)no2)cc1O. The Morgan fingerprint density at radius 2 is 2.00 bits per heavy atom. The largest absolute Gasteiger partial charge is 0.504 e. The highest BCUT2D eigenvalue weighted by Gasteiger charge is 2.16. The zero-order valence-electron chi connectivity index (χ0n) is 12.2. The number of hydrogen-bond acceptors (Lipinski definition) is 6. The number of rotatable bonds is 4. The van der Waals surface area contributed by atoms with E-state index in [2.05, 4.69) is 15.5 Å². The lowest BCUT2D eigenvalue weighted by Crippen LogP contribution is -2.28. The molecule has 6 nitrogen and oxygen atoms in total. The Balaban J connectivity index is 1.63. The first-order valence-corrected chi connectivity index (χ1v) is 7.44. The van der Waals surface area contributed by atoms with Gasteiger partial charge in [-0.05, 0) is 55.6 Å². The molecule has 0 aliphatic carbocycles. The second-order valence-corrected chi connectivity index (χ2v) is 5.53. The van der Waals surface area contributed by atoms with Crippen LogP contribution in [0.5, 0.6) is 11.5 Å². The molecule has 1 aliphatic rings. The van der Waals surface area contributed by atoms with Crippen LogP contribution in [0.1, 0.15) is 30.1 Å². The number of nitrogens with zero attached hydrogens (tertiary/aromatic N) is 2. The van der Waals surface area contributed by atoms with Crippen LogP contribution in [0, 0.1) is 5.92 Å². The van der Waals surface area contributed by atoms with Crippen molar-refractivity contribution in [1.29, 1.82) is 0 Å². The molecule has 1 aromatic carbocycles. The zero-order chi connectivity index (χ0) is 15.4. The van der Waals surface area contributed by atoms with Gasteiger partial charge in [0.2, 0.25) is 0 Å². The normalized spacial score (nSPS) is 16.4. The van der Waals surface area contributed by atoms with E-state index in [4.69, 9.17) is 4.52 Å². The van der Waals surface area contributed by atoms with Gasteiger partial charge in [-0.25, -0.2) is 0 Å². The highest BCUT2D eigenvalue weighted by Crippen LogP contribution is 2.25. The van der Waals surface area contributed by atoms with Gasteiger partial charge in [0.1, 0.15) is 0 Å². The van der Waals surface area contributed by atoms with Crippen LogP contribution in [0.4, 0.5) is 0 Å². The lowest BCUT2D eigenvalue weighted by atomic mass is 9.94. The van der Waals surface area contributed by atoms with Gasteiger partial charge in [-0.1, -0.05) is 11.2 Å². The van der Waals surface area contributed by atoms with Gasteiger partial charge in [-0.15, -0.1) is 0 Å². The van der Waals surface area contributed by atoms with E-state index in [1.165, 1.54) is 12.1 Å². The predicted molar refractivity (Wildman–Crippen MR) is 82.3 cm³/mol. The molecule has 0 radical (unpaired) electrons. The summed E-state index contributed by atoms with van der Waals surface area (Å²) >= 11 is 0. The smallest absolute Gasteiger partial charge is 0.250 e. The summed E-state index contributed by atoms with van der Waals surface area (Å²) in [6.07, 6.45) is 6.59. The minimum absolute atomic E-state index is 0.140. The third-order valence-corrected chi connectivity index (χ3v) is 3.83. The van der Waals surface area contributed by atoms with Crippen molar-refractivity contribution in [2.75, 3.05) is 13.1 Å². The minimum atomic E-state index is -0.153. The molecule has 0 spiro atoms. The van der Waals surface area contributed by atoms with Crippen molar-refractivity contribution < 1.29 is 14.7 Å². The molecule has 22 heavy (non-hydrogen) atoms. The summed E-state index contributed by atoms with van der Waals surface area (Å²) < 4.78 is 5.21. The van der Waals surface area contributed by atoms with Crippen LogP contribution in [0.15, 0.2) is 22.7 Å². The number of aromatic hydroxyl groups is 2. The van der Waals surface area contributed by atoms with Gasteiger partial charge in [0, 0.05) is 12.5 Å². The van der Waals surface area contributed by atoms with Crippen molar-refractivity contribution in [2.45, 2.75) is 19.3 Å². The quantitative estimate of drug-likeness (QED) is 0.750. The van der Waals surface area contributed by atoms with Crippen LogP contribution < -0.4 is 5.32 Å². The summed E-state index contributed by atoms with van der Waals surface area (Å²) in [6.45, 7) is 2.11. The van der Waals surface area contributed by atoms with E-state index in [1.54, 1.807) is 18.2 Å². The summed E-state index contributed by atoms with van der Waals surface area (Å²) in [5.74, 6) is 1.50. The Labute approximate surface area is 128 Å². The van der Waals surface area contributed by atoms with Gasteiger partial charge in [-0.2, -0.15) is 4.98 Å². The molecular formula is C16H19N3O3. The van der Waals surface area contributed by atoms with E-state index in [1.807, 2.05) is 0 Å². The molecule has 1 fully saturated rings. The van der Waals surface area contributed by atoms with Gasteiger partial charge < -0.3 is 20.1 Å². The summed E-state index contributed by atoms with van der Waals surface area (Å²) in [5, 5.41) is 26.1. The molecule has 2 heterocycles. The molecule has 3 N–H and O–H groups in total. The molecule has 1 aromatic heterocycles. The fraction of sp³-hybridized carbons (Fsp3) is 0.375. The molecule has 3 rings (SSSR count). The van der Waals surface area contributed by atoms with E-state index in [0.29, 0.717) is 11.8 Å². The summed E-state index contributed by atoms with van der Waals surface area (Å²) in [5.41, 5.74) is 0.744. The molecule has 0 saturated carbocycles. The fourth-order valence-electron chi connectivity index (χ4n) is 2.57. The molecule has 0 unspecified atom stereocenters. The van der Waals surface area contributed by atoms with Gasteiger partial charge in [-0.3, -0.25) is 0 Å². The maximum absolute atomic E-state index is 9.44. The average Bonchev–Trinajstić information content (AvgIpc) is 2.97. The fourth-order valence-corrected chi connectivity index (χ4v) is 2.57. The van der Waals surface area contributed by atoms with Crippen LogP contribution in [0.2, 0.25) is 0 Å². The second kappa shape index (κ2) is 6.62. The molecular weight excluding hydrogens is 282 g/mol. The van der Waals surface area contributed by atoms with Crippen molar-refractivity contribution >= 4 is 12.2 Å². The third kappa shape index (κ3) is 3.65. The lowest BCUT2D eigenvalue weighted by Gasteiger charge is -2.20. The first-order chi connectivity index (χ1) is 10.7. The number of benzene rings is 1. The Hall–Kier alpha value is -2.34. The molecule has 1 aliphatic heterocycles. The van der Waals surface area contributed by atoms with Crippen LogP contribution in [-0.2, 0) is 6.42 Å². The highest BCUT2D eigenvalue weighted by molar-refractivity contribution is 5.67. The van der Waals surface area contributed by atoms with Crippen LogP contribution in [-0.4, -0.2) is 33.4 Å². The van der Waals surface area contributed by atoms with Gasteiger partial charge in [0.05, 0.1) is 0 Å². The van der Waals surface area contributed by atoms with Crippen LogP contribution in [0.25, 0.3) is 12.2 Å². The highest BCUT2D eigenvalue weighted by atomic mass is 16.5. The van der Waals surface area contributed by atoms with Gasteiger partial charge in [0.15, 0.2) is 17.3 Å². The topological polar surface area (TPSA) is 91.4 Å². The van der Waals surface area contributed by atoms with Crippen LogP contribution in [0.3, 0.4) is 0 Å². The third-order valence-electron chi connectivity index (χ3n) is 3.83. The van der Waals surface area contributed by atoms with Crippen molar-refractivity contribution in [3.63, 3.8) is 0 Å². The van der Waals surface area contributed by atoms with Crippen molar-refractivity contribution in [1.82, 2.24) is 15.5 Å². The average molecular weight is 301 g/mol. The van der Waals surface area contributed by atoms with Gasteiger partial charge >= 0.3 is 0 Å². The monoisotopic (exact) mass is 301 g/mol. The number of piperidine rings is 1. The molecule has 116 valence electrons. The van der Waals surface area contributed by atoms with E-state index in [-0.39, 0.29) is 11.5 Å². The molecule has 0 amide bonds. The Kier molecular flexibility index (Phi) is 4.39. The summed E-state index contributed by atoms with van der Waals surface area (Å²) in [6, 6.07) is 4.60. The lowest BCUT2D eigenvalue weighted by molar-refractivity contribution is 0.354. The van der Waals surface area contributed by atoms with Gasteiger partial charge in [0.25, 0.3) is 5.89 Å². The molecule has 6 heteroatoms. The predicted octanol–water partition coefficient (Wildman–Crippen LogP) is 2.19. The summed E-state index contributed by atoms with van der Waals surface area (Å²) in [7, 11) is 0. The van der Waals surface area contributed by atoms with Crippen molar-refractivity contribution in [3.05, 3.63) is 35.5 Å². The molecule has 2 aromatic rings. The van der Waals surface area contributed by atoms with Crippen molar-refractivity contribution in [2.24, 2.45) is 5.92 Å². The Bertz CT molecular complexity index is 660. The number of nitrogens with one attached hydrogen (secondary N) is 1. The number of phenolic OH excluding ortho intramolecular Hbond substituents is 2. The standard InChI is InChI=1S/C16H19N3O3/c20-13-3-1-11(9-14(13)21)2-4-16-18-15(19-22-16)10-12-5-7-17-8-6-12/h1-4,9,12,17,20-21H,5-8,10H2. The molecule has 0 bridgehead atoms. The Morgan fingerprint density at radius 3 is 2.77 bits per heavy atom. The zero-order valence-corrected chi connectivity index (χ0v) is 12.2. The first kappa shape index (κ1) is 14.6. The van der Waals surface area contributed by atoms with E-state index >= 15 is 0 Å². The number of phenols is 2. The maximum atomic E-state index is 9.44. The molecule has 1 saturated heterocycles. The van der Waals surface area contributed by atoms with Crippen LogP contribution >= 0.6 is 0 Å². The maximum Gasteiger partial charge on any atom is 0.250 e. The Morgan fingerprint density at radius 1 is 1.18 bits per heavy atom. The number of aromatic nitrogens is 2. The minimum Gasteiger partial charge on any atom is -0.504 e. The van der Waals surface area contributed by atoms with E-state index in [0.717, 1.165) is 43.7 Å². The van der Waals surface area contributed by atoms with E-state index < -0.39 is 0 Å². The summed E-state index contributed by atoms with van der Waals surface area (Å²) in [4.78, 5) is 4.36. The number of hydrogen-bond donors (Lipinski definition) is 3. The van der Waals surface area contributed by atoms with Crippen molar-refractivity contribution in [3.8, 4) is 11.5 Å².